The Bertz CT molecular complexity index is 1060. The third-order valence-electron chi connectivity index (χ3n) is 4.93. The topological polar surface area (TPSA) is 79.0 Å². The Balaban J connectivity index is 1.52. The van der Waals surface area contributed by atoms with Gasteiger partial charge in [-0.25, -0.2) is 18.4 Å². The van der Waals surface area contributed by atoms with Crippen LogP contribution in [0.1, 0.15) is 40.8 Å². The van der Waals surface area contributed by atoms with Gasteiger partial charge in [-0.15, -0.1) is 11.3 Å². The number of nitrogens with one attached hydrogen (secondary N) is 1. The van der Waals surface area contributed by atoms with Gasteiger partial charge in [-0.3, -0.25) is 0 Å². The van der Waals surface area contributed by atoms with E-state index in [2.05, 4.69) is 29.0 Å². The van der Waals surface area contributed by atoms with Gasteiger partial charge in [-0.1, -0.05) is 6.07 Å². The lowest BCUT2D eigenvalue weighted by Crippen LogP contribution is -2.38. The molecule has 1 fully saturated rings. The summed E-state index contributed by atoms with van der Waals surface area (Å²) in [4.78, 5) is 12.4. The van der Waals surface area contributed by atoms with Gasteiger partial charge in [0.05, 0.1) is 21.7 Å². The molecule has 2 aromatic heterocycles. The minimum atomic E-state index is -3.45. The molecule has 26 heavy (non-hydrogen) atoms. The Morgan fingerprint density at radius 3 is 2.54 bits per heavy atom. The Hall–Kier alpha value is -1.77. The molecule has 6 nitrogen and oxygen atoms in total. The Morgan fingerprint density at radius 1 is 1.15 bits per heavy atom. The van der Waals surface area contributed by atoms with Crippen molar-refractivity contribution in [1.29, 1.82) is 0 Å². The molecule has 0 unspecified atom stereocenters. The third kappa shape index (κ3) is 3.06. The third-order valence-corrected chi connectivity index (χ3v) is 8.49. The Morgan fingerprint density at radius 2 is 1.88 bits per heavy atom. The molecule has 1 aliphatic heterocycles. The smallest absolute Gasteiger partial charge is 0.254 e. The van der Waals surface area contributed by atoms with Crippen LogP contribution >= 0.6 is 11.3 Å². The van der Waals surface area contributed by atoms with Crippen LogP contribution in [0.2, 0.25) is 0 Å². The second-order valence-corrected chi connectivity index (χ2v) is 10.3. The van der Waals surface area contributed by atoms with E-state index < -0.39 is 10.0 Å². The minimum Gasteiger partial charge on any atom is -0.342 e. The summed E-state index contributed by atoms with van der Waals surface area (Å²) in [6, 6.07) is 6.18. The second kappa shape index (κ2) is 6.44. The lowest BCUT2D eigenvalue weighted by atomic mass is 9.97. The maximum atomic E-state index is 12.9. The van der Waals surface area contributed by atoms with Crippen LogP contribution in [0, 0.1) is 20.8 Å². The molecule has 1 N–H and O–H groups in total. The van der Waals surface area contributed by atoms with Crippen LogP contribution in [0.5, 0.6) is 0 Å². The van der Waals surface area contributed by atoms with E-state index in [0.717, 1.165) is 34.7 Å². The fourth-order valence-corrected chi connectivity index (χ4v) is 6.66. The number of hydrogen-bond donors (Lipinski definition) is 1. The molecule has 0 radical (unpaired) electrons. The fourth-order valence-electron chi connectivity index (χ4n) is 3.58. The average molecular weight is 391 g/mol. The van der Waals surface area contributed by atoms with Gasteiger partial charge in [-0.2, -0.15) is 4.31 Å². The molecule has 0 bridgehead atoms. The molecule has 0 aliphatic carbocycles. The van der Waals surface area contributed by atoms with E-state index in [0.29, 0.717) is 23.0 Å². The first-order valence-electron chi connectivity index (χ1n) is 8.75. The van der Waals surface area contributed by atoms with Crippen LogP contribution < -0.4 is 0 Å². The van der Waals surface area contributed by atoms with Gasteiger partial charge in [0.25, 0.3) is 10.0 Å². The van der Waals surface area contributed by atoms with Crippen molar-refractivity contribution in [2.24, 2.45) is 0 Å². The lowest BCUT2D eigenvalue weighted by molar-refractivity contribution is 0.315. The molecule has 0 amide bonds. The second-order valence-electron chi connectivity index (χ2n) is 6.93. The number of benzene rings is 1. The van der Waals surface area contributed by atoms with E-state index in [4.69, 9.17) is 4.98 Å². The number of fused-ring (bicyclic) bond motifs is 1. The monoisotopic (exact) mass is 390 g/mol. The molecule has 3 heterocycles. The van der Waals surface area contributed by atoms with Crippen LogP contribution in [0.4, 0.5) is 0 Å². The van der Waals surface area contributed by atoms with Crippen molar-refractivity contribution in [3.05, 3.63) is 40.3 Å². The first kappa shape index (κ1) is 17.6. The first-order valence-corrected chi connectivity index (χ1v) is 11.0. The lowest BCUT2D eigenvalue weighted by Gasteiger charge is -2.29. The molecule has 4 rings (SSSR count). The number of sulfonamides is 1. The largest absolute Gasteiger partial charge is 0.342 e. The number of rotatable bonds is 3. The number of thiazole rings is 1. The van der Waals surface area contributed by atoms with Crippen molar-refractivity contribution in [3.8, 4) is 0 Å². The van der Waals surface area contributed by atoms with E-state index in [1.54, 1.807) is 11.2 Å². The summed E-state index contributed by atoms with van der Waals surface area (Å²) in [5.74, 6) is 1.23. The van der Waals surface area contributed by atoms with Crippen molar-refractivity contribution in [2.45, 2.75) is 43.7 Å². The number of nitrogens with zero attached hydrogens (tertiary/aromatic N) is 3. The quantitative estimate of drug-likeness (QED) is 0.742. The number of piperidine rings is 1. The van der Waals surface area contributed by atoms with Gasteiger partial charge in [0.2, 0.25) is 0 Å². The average Bonchev–Trinajstić information content (AvgIpc) is 3.17. The van der Waals surface area contributed by atoms with E-state index >= 15 is 0 Å². The molecular formula is C18H22N4O2S2. The minimum absolute atomic E-state index is 0.262. The molecule has 1 aliphatic rings. The number of hydrogen-bond acceptors (Lipinski definition) is 5. The van der Waals surface area contributed by atoms with Crippen molar-refractivity contribution < 1.29 is 8.42 Å². The molecule has 8 heteroatoms. The highest BCUT2D eigenvalue weighted by atomic mass is 32.2. The Labute approximate surface area is 157 Å². The standard InChI is InChI=1S/C18H22N4O2S2/c1-11-4-5-15-16(10-11)21-17(20-15)14-6-8-22(9-7-14)26(23,24)18-12(2)19-13(3)25-18/h4-5,10,14H,6-9H2,1-3H3,(H,20,21). The number of aryl methyl sites for hydroxylation is 3. The highest BCUT2D eigenvalue weighted by molar-refractivity contribution is 7.91. The van der Waals surface area contributed by atoms with E-state index in [1.165, 1.54) is 16.9 Å². The van der Waals surface area contributed by atoms with Gasteiger partial charge < -0.3 is 4.98 Å². The summed E-state index contributed by atoms with van der Waals surface area (Å²) in [5, 5.41) is 0.786. The highest BCUT2D eigenvalue weighted by Gasteiger charge is 2.33. The normalized spacial score (nSPS) is 17.2. The molecular weight excluding hydrogens is 368 g/mol. The van der Waals surface area contributed by atoms with Crippen LogP contribution in [0.25, 0.3) is 11.0 Å². The summed E-state index contributed by atoms with van der Waals surface area (Å²) in [5.41, 5.74) is 3.81. The number of imidazole rings is 1. The van der Waals surface area contributed by atoms with Crippen molar-refractivity contribution >= 4 is 32.4 Å². The van der Waals surface area contributed by atoms with Crippen LogP contribution in [-0.2, 0) is 10.0 Å². The summed E-state index contributed by atoms with van der Waals surface area (Å²) in [6.45, 7) is 6.69. The van der Waals surface area contributed by atoms with E-state index in [1.807, 2.05) is 13.0 Å². The van der Waals surface area contributed by atoms with Crippen LogP contribution in [0.3, 0.4) is 0 Å². The summed E-state index contributed by atoms with van der Waals surface area (Å²) in [6.07, 6.45) is 1.55. The van der Waals surface area contributed by atoms with Crippen molar-refractivity contribution in [3.63, 3.8) is 0 Å². The molecule has 0 saturated carbocycles. The van der Waals surface area contributed by atoms with Crippen molar-refractivity contribution in [1.82, 2.24) is 19.3 Å². The molecule has 0 spiro atoms. The summed E-state index contributed by atoms with van der Waals surface area (Å²) in [7, 11) is -3.45. The number of aromatic amines is 1. The maximum Gasteiger partial charge on any atom is 0.254 e. The molecule has 0 atom stereocenters. The van der Waals surface area contributed by atoms with E-state index in [-0.39, 0.29) is 5.92 Å². The SMILES string of the molecule is Cc1ccc2nc(C3CCN(S(=O)(=O)c4sc(C)nc4C)CC3)[nH]c2c1. The van der Waals surface area contributed by atoms with Gasteiger partial charge in [0.15, 0.2) is 4.21 Å². The molecule has 3 aromatic rings. The number of aromatic nitrogens is 3. The molecule has 1 saturated heterocycles. The molecule has 138 valence electrons. The maximum absolute atomic E-state index is 12.9. The van der Waals surface area contributed by atoms with Crippen molar-refractivity contribution in [2.75, 3.05) is 13.1 Å². The zero-order chi connectivity index (χ0) is 18.5. The molecule has 1 aromatic carbocycles. The van der Waals surface area contributed by atoms with Gasteiger partial charge in [0, 0.05) is 19.0 Å². The summed E-state index contributed by atoms with van der Waals surface area (Å²) < 4.78 is 27.8. The van der Waals surface area contributed by atoms with Gasteiger partial charge in [-0.05, 0) is 51.3 Å². The fraction of sp³-hybridized carbons (Fsp3) is 0.444. The number of H-pyrrole nitrogens is 1. The van der Waals surface area contributed by atoms with E-state index in [9.17, 15) is 8.42 Å². The summed E-state index contributed by atoms with van der Waals surface area (Å²) >= 11 is 1.26. The van der Waals surface area contributed by atoms with Gasteiger partial charge in [0.1, 0.15) is 5.82 Å². The van der Waals surface area contributed by atoms with Crippen LogP contribution in [0.15, 0.2) is 22.4 Å². The predicted molar refractivity (Wildman–Crippen MR) is 103 cm³/mol. The predicted octanol–water partition coefficient (Wildman–Crippen LogP) is 3.51. The van der Waals surface area contributed by atoms with Gasteiger partial charge >= 0.3 is 0 Å². The zero-order valence-electron chi connectivity index (χ0n) is 15.1. The van der Waals surface area contributed by atoms with Crippen LogP contribution in [-0.4, -0.2) is 40.8 Å². The highest BCUT2D eigenvalue weighted by Crippen LogP contribution is 2.33. The zero-order valence-corrected chi connectivity index (χ0v) is 16.7. The first-order chi connectivity index (χ1) is 12.3. The Kier molecular flexibility index (Phi) is 4.37.